The molecule has 0 aromatic heterocycles. The van der Waals surface area contributed by atoms with Gasteiger partial charge in [-0.05, 0) is 45.6 Å². The standard InChI is InChI=1S/C16H29N3OS/c1-12(2)19-9-6-13(11-19)10-18-15(20)16(14(17)21)7-4-3-5-8-16/h12-13H,3-11H2,1-2H3,(H2,17,21)(H,18,20). The molecule has 2 rings (SSSR count). The molecule has 2 fully saturated rings. The molecule has 0 spiro atoms. The van der Waals surface area contributed by atoms with Gasteiger partial charge in [0.25, 0.3) is 0 Å². The van der Waals surface area contributed by atoms with E-state index in [-0.39, 0.29) is 5.91 Å². The highest BCUT2D eigenvalue weighted by molar-refractivity contribution is 7.80. The van der Waals surface area contributed by atoms with E-state index in [0.717, 1.165) is 45.3 Å². The van der Waals surface area contributed by atoms with E-state index in [2.05, 4.69) is 24.1 Å². The topological polar surface area (TPSA) is 58.4 Å². The molecule has 1 heterocycles. The van der Waals surface area contributed by atoms with Gasteiger partial charge in [-0.2, -0.15) is 0 Å². The number of rotatable bonds is 5. The molecule has 5 heteroatoms. The number of nitrogens with zero attached hydrogens (tertiary/aromatic N) is 1. The molecule has 1 saturated heterocycles. The summed E-state index contributed by atoms with van der Waals surface area (Å²) < 4.78 is 0. The number of carbonyl (C=O) groups excluding carboxylic acids is 1. The van der Waals surface area contributed by atoms with Crippen LogP contribution in [0.15, 0.2) is 0 Å². The molecular weight excluding hydrogens is 282 g/mol. The number of nitrogens with two attached hydrogens (primary N) is 1. The Balaban J connectivity index is 1.87. The average molecular weight is 311 g/mol. The first-order valence-electron chi connectivity index (χ1n) is 8.28. The van der Waals surface area contributed by atoms with Gasteiger partial charge < -0.3 is 16.0 Å². The molecule has 1 atom stereocenters. The molecule has 0 bridgehead atoms. The second-order valence-corrected chi connectivity index (χ2v) is 7.40. The Bertz CT molecular complexity index is 391. The first kappa shape index (κ1) is 16.7. The molecule has 1 amide bonds. The lowest BCUT2D eigenvalue weighted by Gasteiger charge is -2.35. The second-order valence-electron chi connectivity index (χ2n) is 6.96. The molecule has 2 aliphatic rings. The third-order valence-corrected chi connectivity index (χ3v) is 5.60. The normalized spacial score (nSPS) is 26.0. The maximum atomic E-state index is 12.6. The van der Waals surface area contributed by atoms with Crippen molar-refractivity contribution in [1.82, 2.24) is 10.2 Å². The first-order valence-corrected chi connectivity index (χ1v) is 8.69. The Labute approximate surface area is 133 Å². The molecule has 0 radical (unpaired) electrons. The zero-order valence-electron chi connectivity index (χ0n) is 13.4. The predicted molar refractivity (Wildman–Crippen MR) is 90.1 cm³/mol. The van der Waals surface area contributed by atoms with E-state index < -0.39 is 5.41 Å². The van der Waals surface area contributed by atoms with Crippen molar-refractivity contribution >= 4 is 23.1 Å². The molecule has 0 aromatic rings. The molecule has 1 unspecified atom stereocenters. The van der Waals surface area contributed by atoms with Crippen LogP contribution < -0.4 is 11.1 Å². The van der Waals surface area contributed by atoms with Crippen molar-refractivity contribution in [3.63, 3.8) is 0 Å². The summed E-state index contributed by atoms with van der Waals surface area (Å²) in [7, 11) is 0. The zero-order chi connectivity index (χ0) is 15.5. The van der Waals surface area contributed by atoms with Crippen molar-refractivity contribution in [2.45, 2.75) is 58.4 Å². The van der Waals surface area contributed by atoms with Gasteiger partial charge >= 0.3 is 0 Å². The van der Waals surface area contributed by atoms with E-state index in [1.54, 1.807) is 0 Å². The number of amides is 1. The SMILES string of the molecule is CC(C)N1CCC(CNC(=O)C2(C(N)=S)CCCCC2)C1. The maximum absolute atomic E-state index is 12.6. The van der Waals surface area contributed by atoms with E-state index >= 15 is 0 Å². The summed E-state index contributed by atoms with van der Waals surface area (Å²) >= 11 is 5.21. The summed E-state index contributed by atoms with van der Waals surface area (Å²) in [5, 5.41) is 3.14. The van der Waals surface area contributed by atoms with Gasteiger partial charge in [-0.25, -0.2) is 0 Å². The number of likely N-dealkylation sites (tertiary alicyclic amines) is 1. The summed E-state index contributed by atoms with van der Waals surface area (Å²) in [6, 6.07) is 0.590. The van der Waals surface area contributed by atoms with Crippen LogP contribution in [0.4, 0.5) is 0 Å². The van der Waals surface area contributed by atoms with Crippen LogP contribution in [0.1, 0.15) is 52.4 Å². The molecule has 1 aliphatic heterocycles. The number of carbonyl (C=O) groups is 1. The zero-order valence-corrected chi connectivity index (χ0v) is 14.2. The quantitative estimate of drug-likeness (QED) is 0.763. The van der Waals surface area contributed by atoms with Gasteiger partial charge in [0.15, 0.2) is 0 Å². The summed E-state index contributed by atoms with van der Waals surface area (Å²) in [5.41, 5.74) is 5.33. The minimum atomic E-state index is -0.579. The van der Waals surface area contributed by atoms with Gasteiger partial charge in [0.05, 0.1) is 10.4 Å². The monoisotopic (exact) mass is 311 g/mol. The smallest absolute Gasteiger partial charge is 0.233 e. The molecule has 21 heavy (non-hydrogen) atoms. The second kappa shape index (κ2) is 7.05. The fraction of sp³-hybridized carbons (Fsp3) is 0.875. The fourth-order valence-electron chi connectivity index (χ4n) is 3.65. The number of thiocarbonyl (C=S) groups is 1. The van der Waals surface area contributed by atoms with E-state index in [1.165, 1.54) is 12.8 Å². The van der Waals surface area contributed by atoms with Gasteiger partial charge in [0, 0.05) is 19.1 Å². The Hall–Kier alpha value is -0.680. The molecular formula is C16H29N3OS. The van der Waals surface area contributed by atoms with Crippen LogP contribution in [0.3, 0.4) is 0 Å². The number of hydrogen-bond donors (Lipinski definition) is 2. The summed E-state index contributed by atoms with van der Waals surface area (Å²) in [5.74, 6) is 0.626. The van der Waals surface area contributed by atoms with E-state index in [4.69, 9.17) is 18.0 Å². The lowest BCUT2D eigenvalue weighted by Crippen LogP contribution is -2.51. The third-order valence-electron chi connectivity index (χ3n) is 5.21. The van der Waals surface area contributed by atoms with E-state index in [1.807, 2.05) is 0 Å². The van der Waals surface area contributed by atoms with Crippen molar-refractivity contribution in [1.29, 1.82) is 0 Å². The van der Waals surface area contributed by atoms with E-state index in [0.29, 0.717) is 16.9 Å². The molecule has 3 N–H and O–H groups in total. The molecule has 4 nitrogen and oxygen atoms in total. The third kappa shape index (κ3) is 3.75. The molecule has 1 saturated carbocycles. The van der Waals surface area contributed by atoms with Crippen LogP contribution in [0, 0.1) is 11.3 Å². The van der Waals surface area contributed by atoms with Crippen molar-refractivity contribution < 1.29 is 4.79 Å². The molecule has 0 aromatic carbocycles. The van der Waals surface area contributed by atoms with Crippen LogP contribution >= 0.6 is 12.2 Å². The fourth-order valence-corrected chi connectivity index (χ4v) is 3.94. The van der Waals surface area contributed by atoms with Crippen LogP contribution in [-0.2, 0) is 4.79 Å². The average Bonchev–Trinajstić information content (AvgIpc) is 2.94. The van der Waals surface area contributed by atoms with Crippen molar-refractivity contribution in [2.24, 2.45) is 17.1 Å². The first-order chi connectivity index (χ1) is 9.95. The summed E-state index contributed by atoms with van der Waals surface area (Å²) in [4.78, 5) is 15.5. The van der Waals surface area contributed by atoms with Gasteiger partial charge in [-0.15, -0.1) is 0 Å². The van der Waals surface area contributed by atoms with Crippen molar-refractivity contribution in [3.8, 4) is 0 Å². The minimum absolute atomic E-state index is 0.0673. The van der Waals surface area contributed by atoms with E-state index in [9.17, 15) is 4.79 Å². The maximum Gasteiger partial charge on any atom is 0.233 e. The van der Waals surface area contributed by atoms with Crippen LogP contribution in [0.2, 0.25) is 0 Å². The highest BCUT2D eigenvalue weighted by Crippen LogP contribution is 2.37. The Morgan fingerprint density at radius 2 is 2.05 bits per heavy atom. The Kier molecular flexibility index (Phi) is 5.60. The Morgan fingerprint density at radius 1 is 1.38 bits per heavy atom. The van der Waals surface area contributed by atoms with Crippen LogP contribution in [0.25, 0.3) is 0 Å². The molecule has 1 aliphatic carbocycles. The van der Waals surface area contributed by atoms with Crippen molar-refractivity contribution in [2.75, 3.05) is 19.6 Å². The van der Waals surface area contributed by atoms with Gasteiger partial charge in [0.2, 0.25) is 5.91 Å². The highest BCUT2D eigenvalue weighted by atomic mass is 32.1. The largest absolute Gasteiger partial charge is 0.392 e. The lowest BCUT2D eigenvalue weighted by atomic mass is 9.73. The van der Waals surface area contributed by atoms with Crippen LogP contribution in [0.5, 0.6) is 0 Å². The minimum Gasteiger partial charge on any atom is -0.392 e. The Morgan fingerprint density at radius 3 is 2.57 bits per heavy atom. The highest BCUT2D eigenvalue weighted by Gasteiger charge is 2.42. The van der Waals surface area contributed by atoms with Crippen molar-refractivity contribution in [3.05, 3.63) is 0 Å². The predicted octanol–water partition coefficient (Wildman–Crippen LogP) is 2.07. The van der Waals surface area contributed by atoms with Gasteiger partial charge in [-0.3, -0.25) is 4.79 Å². The number of nitrogens with one attached hydrogen (secondary N) is 1. The molecule has 120 valence electrons. The van der Waals surface area contributed by atoms with Gasteiger partial charge in [0.1, 0.15) is 0 Å². The number of hydrogen-bond acceptors (Lipinski definition) is 3. The van der Waals surface area contributed by atoms with Crippen LogP contribution in [-0.4, -0.2) is 41.5 Å². The summed E-state index contributed by atoms with van der Waals surface area (Å²) in [6.45, 7) is 7.43. The summed E-state index contributed by atoms with van der Waals surface area (Å²) in [6.07, 6.45) is 6.08. The van der Waals surface area contributed by atoms with Gasteiger partial charge in [-0.1, -0.05) is 31.5 Å². The lowest BCUT2D eigenvalue weighted by molar-refractivity contribution is -0.129.